The molecule has 0 spiro atoms. The second kappa shape index (κ2) is 3.97. The second-order valence-electron chi connectivity index (χ2n) is 3.42. The monoisotopic (exact) mass is 224 g/mol. The number of nitrogens with zero attached hydrogens (tertiary/aromatic N) is 3. The van der Waals surface area contributed by atoms with E-state index >= 15 is 0 Å². The number of aryl methyl sites for hydroxylation is 1. The van der Waals surface area contributed by atoms with Crippen molar-refractivity contribution in [1.82, 2.24) is 5.01 Å². The van der Waals surface area contributed by atoms with Crippen LogP contribution in [0, 0.1) is 6.92 Å². The standard InChI is InChI=1S/C10H10F2N4/c1-6-2-4-7(5-3-6)8-14-9(11)15-10(12)16(8)13/h2-5,10H,13H2,1H3. The normalized spacial score (nSPS) is 20.5. The molecule has 1 aromatic rings. The topological polar surface area (TPSA) is 54.0 Å². The van der Waals surface area contributed by atoms with Gasteiger partial charge in [0.25, 0.3) is 6.42 Å². The van der Waals surface area contributed by atoms with Gasteiger partial charge in [0.05, 0.1) is 0 Å². The summed E-state index contributed by atoms with van der Waals surface area (Å²) in [6, 6.07) is 7.00. The molecule has 0 saturated carbocycles. The molecule has 1 unspecified atom stereocenters. The van der Waals surface area contributed by atoms with E-state index in [0.29, 0.717) is 10.6 Å². The number of amidine groups is 2. The number of alkyl halides is 1. The number of hydrogen-bond acceptors (Lipinski definition) is 4. The SMILES string of the molecule is Cc1ccc(C2=NC(F)=NC(F)N2N)cc1. The van der Waals surface area contributed by atoms with E-state index in [2.05, 4.69) is 9.98 Å². The van der Waals surface area contributed by atoms with Gasteiger partial charge in [-0.15, -0.1) is 0 Å². The van der Waals surface area contributed by atoms with Gasteiger partial charge in [-0.1, -0.05) is 29.8 Å². The van der Waals surface area contributed by atoms with Gasteiger partial charge in [0.15, 0.2) is 5.84 Å². The van der Waals surface area contributed by atoms with Gasteiger partial charge in [0.1, 0.15) is 0 Å². The highest BCUT2D eigenvalue weighted by atomic mass is 19.2. The first-order valence-electron chi connectivity index (χ1n) is 4.65. The fourth-order valence-electron chi connectivity index (χ4n) is 1.34. The Morgan fingerprint density at radius 3 is 2.56 bits per heavy atom. The Hall–Kier alpha value is -1.82. The van der Waals surface area contributed by atoms with Crippen molar-refractivity contribution in [2.75, 3.05) is 0 Å². The zero-order valence-electron chi connectivity index (χ0n) is 8.56. The summed E-state index contributed by atoms with van der Waals surface area (Å²) in [6.45, 7) is 1.91. The molecule has 0 fully saturated rings. The highest BCUT2D eigenvalue weighted by Crippen LogP contribution is 2.14. The number of hydrogen-bond donors (Lipinski definition) is 1. The third kappa shape index (κ3) is 1.92. The van der Waals surface area contributed by atoms with Crippen LogP contribution in [0.25, 0.3) is 0 Å². The van der Waals surface area contributed by atoms with Crippen molar-refractivity contribution in [1.29, 1.82) is 0 Å². The summed E-state index contributed by atoms with van der Waals surface area (Å²) >= 11 is 0. The van der Waals surface area contributed by atoms with Crippen molar-refractivity contribution in [2.45, 2.75) is 13.3 Å². The summed E-state index contributed by atoms with van der Waals surface area (Å²) in [5, 5.41) is 0.688. The lowest BCUT2D eigenvalue weighted by atomic mass is 10.1. The molecule has 4 nitrogen and oxygen atoms in total. The maximum absolute atomic E-state index is 13.1. The Balaban J connectivity index is 2.40. The van der Waals surface area contributed by atoms with Crippen LogP contribution in [-0.4, -0.2) is 23.4 Å². The molecule has 84 valence electrons. The third-order valence-corrected chi connectivity index (χ3v) is 2.20. The Morgan fingerprint density at radius 2 is 1.94 bits per heavy atom. The molecule has 1 aliphatic heterocycles. The van der Waals surface area contributed by atoms with Gasteiger partial charge in [-0.05, 0) is 6.92 Å². The average Bonchev–Trinajstić information content (AvgIpc) is 2.25. The van der Waals surface area contributed by atoms with Crippen LogP contribution >= 0.6 is 0 Å². The van der Waals surface area contributed by atoms with E-state index in [1.165, 1.54) is 0 Å². The van der Waals surface area contributed by atoms with Crippen LogP contribution in [0.3, 0.4) is 0 Å². The summed E-state index contributed by atoms with van der Waals surface area (Å²) in [7, 11) is 0. The van der Waals surface area contributed by atoms with E-state index in [0.717, 1.165) is 5.56 Å². The van der Waals surface area contributed by atoms with Crippen LogP contribution in [0.2, 0.25) is 0 Å². The molecule has 0 amide bonds. The lowest BCUT2D eigenvalue weighted by molar-refractivity contribution is 0.160. The van der Waals surface area contributed by atoms with Gasteiger partial charge in [-0.25, -0.2) is 10.9 Å². The van der Waals surface area contributed by atoms with Crippen LogP contribution in [0.4, 0.5) is 8.78 Å². The van der Waals surface area contributed by atoms with Crippen molar-refractivity contribution in [3.8, 4) is 0 Å². The molecule has 0 bridgehead atoms. The number of hydrazine groups is 1. The maximum Gasteiger partial charge on any atom is 0.310 e. The minimum Gasteiger partial charge on any atom is -0.242 e. The smallest absolute Gasteiger partial charge is 0.242 e. The molecule has 2 rings (SSSR count). The van der Waals surface area contributed by atoms with Gasteiger partial charge < -0.3 is 0 Å². The first-order valence-corrected chi connectivity index (χ1v) is 4.65. The highest BCUT2D eigenvalue weighted by Gasteiger charge is 2.24. The van der Waals surface area contributed by atoms with Crippen molar-refractivity contribution in [3.05, 3.63) is 35.4 Å². The van der Waals surface area contributed by atoms with Crippen molar-refractivity contribution < 1.29 is 8.78 Å². The molecular formula is C10H10F2N4. The summed E-state index contributed by atoms with van der Waals surface area (Å²) < 4.78 is 26.0. The largest absolute Gasteiger partial charge is 0.310 e. The molecule has 1 aliphatic rings. The zero-order valence-corrected chi connectivity index (χ0v) is 8.56. The number of rotatable bonds is 1. The van der Waals surface area contributed by atoms with Crippen LogP contribution in [0.1, 0.15) is 11.1 Å². The van der Waals surface area contributed by atoms with Gasteiger partial charge >= 0.3 is 6.09 Å². The summed E-state index contributed by atoms with van der Waals surface area (Å²) in [4.78, 5) is 6.43. The van der Waals surface area contributed by atoms with Gasteiger partial charge in [0.2, 0.25) is 0 Å². The summed E-state index contributed by atoms with van der Waals surface area (Å²) in [5.74, 6) is 5.44. The maximum atomic E-state index is 13.1. The lowest BCUT2D eigenvalue weighted by Gasteiger charge is -2.24. The van der Waals surface area contributed by atoms with Crippen molar-refractivity contribution in [2.24, 2.45) is 15.8 Å². The van der Waals surface area contributed by atoms with Crippen LogP contribution in [0.5, 0.6) is 0 Å². The fourth-order valence-corrected chi connectivity index (χ4v) is 1.34. The molecule has 0 radical (unpaired) electrons. The minimum atomic E-state index is -1.94. The van der Waals surface area contributed by atoms with E-state index in [1.807, 2.05) is 19.1 Å². The molecule has 2 N–H and O–H groups in total. The average molecular weight is 224 g/mol. The van der Waals surface area contributed by atoms with Crippen LogP contribution in [0.15, 0.2) is 34.3 Å². The quantitative estimate of drug-likeness (QED) is 0.580. The van der Waals surface area contributed by atoms with E-state index < -0.39 is 12.5 Å². The predicted octanol–water partition coefficient (Wildman–Crippen LogP) is 1.51. The molecule has 1 aromatic carbocycles. The number of nitrogens with two attached hydrogens (primary N) is 1. The molecule has 6 heteroatoms. The molecular weight excluding hydrogens is 214 g/mol. The van der Waals surface area contributed by atoms with Crippen molar-refractivity contribution in [3.63, 3.8) is 0 Å². The molecule has 0 aliphatic carbocycles. The third-order valence-electron chi connectivity index (χ3n) is 2.20. The number of aliphatic imine (C=N–C) groups is 2. The van der Waals surface area contributed by atoms with Gasteiger partial charge in [-0.2, -0.15) is 18.8 Å². The molecule has 0 aromatic heterocycles. The first-order chi connectivity index (χ1) is 7.58. The van der Waals surface area contributed by atoms with E-state index in [4.69, 9.17) is 5.84 Å². The van der Waals surface area contributed by atoms with Crippen LogP contribution < -0.4 is 5.84 Å². The summed E-state index contributed by atoms with van der Waals surface area (Å²) in [6.07, 6.45) is -3.04. The van der Waals surface area contributed by atoms with Gasteiger partial charge in [-0.3, -0.25) is 0 Å². The first kappa shape index (κ1) is 10.7. The van der Waals surface area contributed by atoms with E-state index in [1.54, 1.807) is 12.1 Å². The van der Waals surface area contributed by atoms with E-state index in [9.17, 15) is 8.78 Å². The van der Waals surface area contributed by atoms with Crippen LogP contribution in [-0.2, 0) is 0 Å². The molecule has 16 heavy (non-hydrogen) atoms. The Labute approximate surface area is 91.1 Å². The predicted molar refractivity (Wildman–Crippen MR) is 57.2 cm³/mol. The van der Waals surface area contributed by atoms with Crippen molar-refractivity contribution >= 4 is 11.9 Å². The highest BCUT2D eigenvalue weighted by molar-refractivity contribution is 6.05. The Bertz CT molecular complexity index is 452. The minimum absolute atomic E-state index is 0.0278. The van der Waals surface area contributed by atoms with E-state index in [-0.39, 0.29) is 5.84 Å². The van der Waals surface area contributed by atoms with Gasteiger partial charge in [0, 0.05) is 5.56 Å². The molecule has 1 heterocycles. The number of halogens is 2. The molecule has 1 atom stereocenters. The molecule has 0 saturated heterocycles. The fraction of sp³-hybridized carbons (Fsp3) is 0.200. The number of benzene rings is 1. The summed E-state index contributed by atoms with van der Waals surface area (Å²) in [5.41, 5.74) is 1.58. The zero-order chi connectivity index (χ0) is 11.7. The lowest BCUT2D eigenvalue weighted by Crippen LogP contribution is -2.45. The Kier molecular flexibility index (Phi) is 2.66. The second-order valence-corrected chi connectivity index (χ2v) is 3.42. The Morgan fingerprint density at radius 1 is 1.31 bits per heavy atom.